The van der Waals surface area contributed by atoms with Gasteiger partial charge in [0.1, 0.15) is 10.7 Å². The van der Waals surface area contributed by atoms with E-state index in [1.165, 1.54) is 16.2 Å². The molecule has 0 aliphatic carbocycles. The van der Waals surface area contributed by atoms with Gasteiger partial charge in [0.05, 0.1) is 6.54 Å². The second-order valence-corrected chi connectivity index (χ2v) is 5.63. The first-order valence-electron chi connectivity index (χ1n) is 6.56. The quantitative estimate of drug-likeness (QED) is 0.828. The van der Waals surface area contributed by atoms with Crippen LogP contribution in [0.1, 0.15) is 23.0 Å². The standard InChI is InChI=1S/C12H19N5O2S/c1-3-16(2)12-15-10(13)9(20-12)11(19)17-6-4-5-14-8(18)7-17/h3-7,13H2,1-2H3,(H,14,18). The summed E-state index contributed by atoms with van der Waals surface area (Å²) in [6, 6.07) is 0. The van der Waals surface area contributed by atoms with Gasteiger partial charge in [0.2, 0.25) is 5.91 Å². The van der Waals surface area contributed by atoms with Crippen molar-refractivity contribution in [2.24, 2.45) is 0 Å². The normalized spacial score (nSPS) is 15.7. The van der Waals surface area contributed by atoms with Gasteiger partial charge in [-0.15, -0.1) is 0 Å². The van der Waals surface area contributed by atoms with Crippen molar-refractivity contribution in [3.63, 3.8) is 0 Å². The zero-order valence-electron chi connectivity index (χ0n) is 11.7. The van der Waals surface area contributed by atoms with Crippen LogP contribution in [-0.2, 0) is 4.79 Å². The van der Waals surface area contributed by atoms with Gasteiger partial charge >= 0.3 is 0 Å². The highest BCUT2D eigenvalue weighted by Crippen LogP contribution is 2.28. The highest BCUT2D eigenvalue weighted by molar-refractivity contribution is 7.18. The van der Waals surface area contributed by atoms with Crippen LogP contribution in [0.25, 0.3) is 0 Å². The van der Waals surface area contributed by atoms with Crippen molar-refractivity contribution in [1.82, 2.24) is 15.2 Å². The molecule has 0 unspecified atom stereocenters. The largest absolute Gasteiger partial charge is 0.382 e. The number of rotatable bonds is 3. The van der Waals surface area contributed by atoms with Crippen LogP contribution in [0.4, 0.5) is 10.9 Å². The number of thiazole rings is 1. The van der Waals surface area contributed by atoms with Crippen LogP contribution in [0.5, 0.6) is 0 Å². The van der Waals surface area contributed by atoms with Crippen molar-refractivity contribution in [2.45, 2.75) is 13.3 Å². The molecule has 2 heterocycles. The summed E-state index contributed by atoms with van der Waals surface area (Å²) in [5.41, 5.74) is 5.84. The van der Waals surface area contributed by atoms with Gasteiger partial charge in [0, 0.05) is 26.7 Å². The van der Waals surface area contributed by atoms with Crippen molar-refractivity contribution < 1.29 is 9.59 Å². The zero-order valence-corrected chi connectivity index (χ0v) is 12.5. The van der Waals surface area contributed by atoms with Crippen molar-refractivity contribution in [3.8, 4) is 0 Å². The van der Waals surface area contributed by atoms with Gasteiger partial charge in [-0.05, 0) is 13.3 Å². The predicted molar refractivity (Wildman–Crippen MR) is 79.0 cm³/mol. The topological polar surface area (TPSA) is 91.6 Å². The third kappa shape index (κ3) is 3.01. The molecule has 1 aliphatic heterocycles. The summed E-state index contributed by atoms with van der Waals surface area (Å²) in [7, 11) is 1.89. The lowest BCUT2D eigenvalue weighted by molar-refractivity contribution is -0.121. The van der Waals surface area contributed by atoms with E-state index in [2.05, 4.69) is 10.3 Å². The molecular weight excluding hydrogens is 278 g/mol. The number of aromatic nitrogens is 1. The van der Waals surface area contributed by atoms with Gasteiger partial charge in [0.25, 0.3) is 5.91 Å². The maximum absolute atomic E-state index is 12.5. The molecule has 8 heteroatoms. The summed E-state index contributed by atoms with van der Waals surface area (Å²) in [6.45, 7) is 4.01. The first-order chi connectivity index (χ1) is 9.52. The Morgan fingerprint density at radius 1 is 1.60 bits per heavy atom. The number of hydrogen-bond donors (Lipinski definition) is 2. The van der Waals surface area contributed by atoms with Crippen molar-refractivity contribution >= 4 is 34.1 Å². The molecule has 2 rings (SSSR count). The lowest BCUT2D eigenvalue weighted by Gasteiger charge is -2.18. The predicted octanol–water partition coefficient (Wildman–Crippen LogP) is 0.144. The molecular formula is C12H19N5O2S. The van der Waals surface area contributed by atoms with E-state index in [1.54, 1.807) is 0 Å². The van der Waals surface area contributed by atoms with Crippen LogP contribution in [0.2, 0.25) is 0 Å². The lowest BCUT2D eigenvalue weighted by atomic mass is 10.3. The van der Waals surface area contributed by atoms with Crippen molar-refractivity contribution in [2.75, 3.05) is 43.9 Å². The van der Waals surface area contributed by atoms with E-state index in [9.17, 15) is 9.59 Å². The van der Waals surface area contributed by atoms with Crippen LogP contribution >= 0.6 is 11.3 Å². The van der Waals surface area contributed by atoms with E-state index in [4.69, 9.17) is 5.73 Å². The number of anilines is 2. The number of carbonyl (C=O) groups excluding carboxylic acids is 2. The van der Waals surface area contributed by atoms with E-state index in [-0.39, 0.29) is 24.2 Å². The second kappa shape index (κ2) is 6.08. The van der Waals surface area contributed by atoms with Crippen LogP contribution in [0.15, 0.2) is 0 Å². The van der Waals surface area contributed by atoms with Gasteiger partial charge < -0.3 is 20.9 Å². The molecule has 0 bridgehead atoms. The minimum atomic E-state index is -0.215. The molecule has 110 valence electrons. The second-order valence-electron chi connectivity index (χ2n) is 4.66. The Bertz CT molecular complexity index is 516. The number of nitrogens with zero attached hydrogens (tertiary/aromatic N) is 3. The first-order valence-corrected chi connectivity index (χ1v) is 7.38. The summed E-state index contributed by atoms with van der Waals surface area (Å²) in [5, 5.41) is 3.46. The number of amides is 2. The molecule has 0 radical (unpaired) electrons. The Morgan fingerprint density at radius 2 is 2.35 bits per heavy atom. The van der Waals surface area contributed by atoms with E-state index in [0.717, 1.165) is 13.0 Å². The molecule has 7 nitrogen and oxygen atoms in total. The summed E-state index contributed by atoms with van der Waals surface area (Å²) in [6.07, 6.45) is 0.748. The fourth-order valence-corrected chi connectivity index (χ4v) is 2.87. The fraction of sp³-hybridized carbons (Fsp3) is 0.583. The van der Waals surface area contributed by atoms with Gasteiger partial charge in [-0.3, -0.25) is 9.59 Å². The number of carbonyl (C=O) groups is 2. The molecule has 0 spiro atoms. The molecule has 0 saturated carbocycles. The van der Waals surface area contributed by atoms with Gasteiger partial charge in [-0.2, -0.15) is 0 Å². The van der Waals surface area contributed by atoms with Crippen molar-refractivity contribution in [3.05, 3.63) is 4.88 Å². The average molecular weight is 297 g/mol. The fourth-order valence-electron chi connectivity index (χ4n) is 1.89. The van der Waals surface area contributed by atoms with E-state index < -0.39 is 0 Å². The third-order valence-corrected chi connectivity index (χ3v) is 4.36. The number of hydrogen-bond acceptors (Lipinski definition) is 6. The lowest BCUT2D eigenvalue weighted by Crippen LogP contribution is -2.37. The van der Waals surface area contributed by atoms with Gasteiger partial charge in [-0.1, -0.05) is 11.3 Å². The Kier molecular flexibility index (Phi) is 4.43. The Balaban J connectivity index is 2.19. The molecule has 3 N–H and O–H groups in total. The highest BCUT2D eigenvalue weighted by atomic mass is 32.1. The molecule has 1 aromatic heterocycles. The molecule has 1 fully saturated rings. The summed E-state index contributed by atoms with van der Waals surface area (Å²) >= 11 is 1.27. The molecule has 0 aromatic carbocycles. The molecule has 20 heavy (non-hydrogen) atoms. The monoisotopic (exact) mass is 297 g/mol. The maximum atomic E-state index is 12.5. The number of nitrogens with two attached hydrogens (primary N) is 1. The van der Waals surface area contributed by atoms with Crippen LogP contribution in [0, 0.1) is 0 Å². The molecule has 1 aliphatic rings. The smallest absolute Gasteiger partial charge is 0.268 e. The Labute approximate surface area is 121 Å². The van der Waals surface area contributed by atoms with E-state index >= 15 is 0 Å². The molecule has 1 saturated heterocycles. The van der Waals surface area contributed by atoms with Crippen LogP contribution in [0.3, 0.4) is 0 Å². The summed E-state index contributed by atoms with van der Waals surface area (Å²) < 4.78 is 0. The first kappa shape index (κ1) is 14.6. The minimum absolute atomic E-state index is 0.0785. The van der Waals surface area contributed by atoms with Crippen molar-refractivity contribution in [1.29, 1.82) is 0 Å². The number of nitrogens with one attached hydrogen (secondary N) is 1. The Hall–Kier alpha value is -1.83. The molecule has 2 amide bonds. The van der Waals surface area contributed by atoms with Gasteiger partial charge in [0.15, 0.2) is 5.13 Å². The SMILES string of the molecule is CCN(C)c1nc(N)c(C(=O)N2CCCNC(=O)C2)s1. The number of nitrogen functional groups attached to an aromatic ring is 1. The summed E-state index contributed by atoms with van der Waals surface area (Å²) in [5.74, 6) is -0.113. The Morgan fingerprint density at radius 3 is 3.05 bits per heavy atom. The highest BCUT2D eigenvalue weighted by Gasteiger charge is 2.25. The van der Waals surface area contributed by atoms with Crippen LogP contribution < -0.4 is 16.0 Å². The third-order valence-electron chi connectivity index (χ3n) is 3.19. The summed E-state index contributed by atoms with van der Waals surface area (Å²) in [4.78, 5) is 32.1. The maximum Gasteiger partial charge on any atom is 0.268 e. The van der Waals surface area contributed by atoms with E-state index in [0.29, 0.717) is 23.1 Å². The average Bonchev–Trinajstić information content (AvgIpc) is 2.68. The zero-order chi connectivity index (χ0) is 14.7. The molecule has 0 atom stereocenters. The van der Waals surface area contributed by atoms with Gasteiger partial charge in [-0.25, -0.2) is 4.98 Å². The molecule has 1 aromatic rings. The van der Waals surface area contributed by atoms with Crippen LogP contribution in [-0.4, -0.2) is 54.9 Å². The minimum Gasteiger partial charge on any atom is -0.382 e. The van der Waals surface area contributed by atoms with E-state index in [1.807, 2.05) is 18.9 Å².